The van der Waals surface area contributed by atoms with E-state index >= 15 is 0 Å². The Labute approximate surface area is 125 Å². The molecule has 0 aromatic heterocycles. The van der Waals surface area contributed by atoms with E-state index in [4.69, 9.17) is 4.74 Å². The van der Waals surface area contributed by atoms with Crippen LogP contribution >= 0.6 is 0 Å². The van der Waals surface area contributed by atoms with Gasteiger partial charge in [0, 0.05) is 0 Å². The highest BCUT2D eigenvalue weighted by atomic mass is 19.4. The van der Waals surface area contributed by atoms with E-state index in [9.17, 15) is 22.4 Å². The summed E-state index contributed by atoms with van der Waals surface area (Å²) in [5.41, 5.74) is 0.485. The fourth-order valence-electron chi connectivity index (χ4n) is 2.39. The van der Waals surface area contributed by atoms with Gasteiger partial charge >= 0.3 is 6.18 Å². The summed E-state index contributed by atoms with van der Waals surface area (Å²) in [6.07, 6.45) is -9.18. The van der Waals surface area contributed by atoms with Gasteiger partial charge in [-0.15, -0.1) is 0 Å². The topological polar surface area (TPSA) is 29.5 Å². The number of amides is 1. The lowest BCUT2D eigenvalue weighted by atomic mass is 10.0. The molecular formula is C15H17F4NO2. The Balaban J connectivity index is 2.36. The highest BCUT2D eigenvalue weighted by Crippen LogP contribution is 2.39. The molecule has 0 radical (unpaired) electrons. The molecule has 1 amide bonds. The number of rotatable bonds is 3. The minimum Gasteiger partial charge on any atom is -0.347 e. The Morgan fingerprint density at radius 1 is 1.27 bits per heavy atom. The van der Waals surface area contributed by atoms with Crippen molar-refractivity contribution in [3.8, 4) is 0 Å². The van der Waals surface area contributed by atoms with Crippen molar-refractivity contribution < 1.29 is 27.1 Å². The molecule has 122 valence electrons. The summed E-state index contributed by atoms with van der Waals surface area (Å²) in [6.45, 7) is 2.57. The van der Waals surface area contributed by atoms with Crippen molar-refractivity contribution in [3.63, 3.8) is 0 Å². The lowest BCUT2D eigenvalue weighted by Crippen LogP contribution is -2.50. The average Bonchev–Trinajstić information content (AvgIpc) is 2.91. The molecule has 22 heavy (non-hydrogen) atoms. The smallest absolute Gasteiger partial charge is 0.347 e. The molecule has 1 fully saturated rings. The molecule has 0 spiro atoms. The van der Waals surface area contributed by atoms with Gasteiger partial charge in [-0.05, 0) is 11.5 Å². The summed E-state index contributed by atoms with van der Waals surface area (Å²) < 4.78 is 58.0. The van der Waals surface area contributed by atoms with Crippen molar-refractivity contribution in [3.05, 3.63) is 35.9 Å². The van der Waals surface area contributed by atoms with Crippen molar-refractivity contribution in [1.29, 1.82) is 0 Å². The van der Waals surface area contributed by atoms with Gasteiger partial charge in [0.1, 0.15) is 0 Å². The maximum absolute atomic E-state index is 14.0. The first kappa shape index (κ1) is 16.7. The van der Waals surface area contributed by atoms with Crippen molar-refractivity contribution in [2.75, 3.05) is 6.61 Å². The second-order valence-electron chi connectivity index (χ2n) is 5.55. The summed E-state index contributed by atoms with van der Waals surface area (Å²) in [4.78, 5) is 12.7. The van der Waals surface area contributed by atoms with Gasteiger partial charge in [-0.2, -0.15) is 13.2 Å². The first-order valence-corrected chi connectivity index (χ1v) is 6.93. The Hall–Kier alpha value is -1.63. The minimum atomic E-state index is -4.77. The molecule has 0 bridgehead atoms. The van der Waals surface area contributed by atoms with Crippen LogP contribution < -0.4 is 0 Å². The molecule has 3 unspecified atom stereocenters. The lowest BCUT2D eigenvalue weighted by molar-refractivity contribution is -0.241. The molecule has 2 rings (SSSR count). The first-order chi connectivity index (χ1) is 10.2. The molecule has 1 aliphatic heterocycles. The normalized spacial score (nSPS) is 23.9. The number of halogens is 4. The Kier molecular flexibility index (Phi) is 4.75. The van der Waals surface area contributed by atoms with Gasteiger partial charge < -0.3 is 4.74 Å². The van der Waals surface area contributed by atoms with Gasteiger partial charge in [-0.3, -0.25) is 9.69 Å². The number of nitrogens with zero attached hydrogens (tertiary/aromatic N) is 1. The molecule has 0 aliphatic carbocycles. The zero-order valence-electron chi connectivity index (χ0n) is 12.2. The minimum absolute atomic E-state index is 0.315. The number of hydrogen-bond donors (Lipinski definition) is 0. The van der Waals surface area contributed by atoms with Crippen LogP contribution in [0.2, 0.25) is 0 Å². The van der Waals surface area contributed by atoms with E-state index in [0.717, 1.165) is 0 Å². The second kappa shape index (κ2) is 6.24. The van der Waals surface area contributed by atoms with E-state index in [1.807, 2.05) is 0 Å². The van der Waals surface area contributed by atoms with Crippen molar-refractivity contribution in [2.45, 2.75) is 38.5 Å². The molecule has 0 N–H and O–H groups in total. The predicted molar refractivity (Wildman–Crippen MR) is 71.6 cm³/mol. The Morgan fingerprint density at radius 2 is 1.86 bits per heavy atom. The van der Waals surface area contributed by atoms with E-state index in [1.54, 1.807) is 30.3 Å². The van der Waals surface area contributed by atoms with Gasteiger partial charge in [-0.25, -0.2) is 4.39 Å². The zero-order valence-corrected chi connectivity index (χ0v) is 12.2. The second-order valence-corrected chi connectivity index (χ2v) is 5.55. The van der Waals surface area contributed by atoms with E-state index in [-0.39, 0.29) is 6.61 Å². The number of benzene rings is 1. The molecule has 1 aromatic carbocycles. The van der Waals surface area contributed by atoms with Crippen LogP contribution in [0, 0.1) is 5.92 Å². The summed E-state index contributed by atoms with van der Waals surface area (Å²) in [5.74, 6) is -1.90. The Morgan fingerprint density at radius 3 is 2.36 bits per heavy atom. The molecule has 7 heteroatoms. The number of carbonyl (C=O) groups is 1. The average molecular weight is 319 g/mol. The third kappa shape index (κ3) is 3.24. The molecule has 1 aromatic rings. The van der Waals surface area contributed by atoms with Crippen LogP contribution in [0.25, 0.3) is 0 Å². The van der Waals surface area contributed by atoms with Gasteiger partial charge in [0.25, 0.3) is 5.91 Å². The SMILES string of the molecule is CC(C)C(F)C(=O)N1C(c2ccccc2)COC1C(F)(F)F. The predicted octanol–water partition coefficient (Wildman–Crippen LogP) is 3.47. The van der Waals surface area contributed by atoms with Crippen molar-refractivity contribution in [2.24, 2.45) is 5.92 Å². The van der Waals surface area contributed by atoms with E-state index in [0.29, 0.717) is 10.5 Å². The fourth-order valence-corrected chi connectivity index (χ4v) is 2.39. The highest BCUT2D eigenvalue weighted by Gasteiger charge is 2.54. The quantitative estimate of drug-likeness (QED) is 0.799. The number of hydrogen-bond acceptors (Lipinski definition) is 2. The molecule has 1 heterocycles. The van der Waals surface area contributed by atoms with E-state index < -0.39 is 36.4 Å². The lowest BCUT2D eigenvalue weighted by Gasteiger charge is -2.31. The zero-order chi connectivity index (χ0) is 16.5. The first-order valence-electron chi connectivity index (χ1n) is 6.93. The molecule has 1 aliphatic rings. The summed E-state index contributed by atoms with van der Waals surface area (Å²) in [5, 5.41) is 0. The van der Waals surface area contributed by atoms with Crippen LogP contribution in [0.15, 0.2) is 30.3 Å². The molecule has 3 atom stereocenters. The monoisotopic (exact) mass is 319 g/mol. The molecular weight excluding hydrogens is 302 g/mol. The molecule has 1 saturated heterocycles. The molecule has 3 nitrogen and oxygen atoms in total. The van der Waals surface area contributed by atoms with Crippen LogP contribution in [0.3, 0.4) is 0 Å². The third-order valence-corrected chi connectivity index (χ3v) is 3.54. The Bertz CT molecular complexity index is 518. The van der Waals surface area contributed by atoms with Crippen molar-refractivity contribution >= 4 is 5.91 Å². The maximum Gasteiger partial charge on any atom is 0.433 e. The summed E-state index contributed by atoms with van der Waals surface area (Å²) in [6, 6.07) is 7.24. The van der Waals surface area contributed by atoms with Gasteiger partial charge in [-0.1, -0.05) is 44.2 Å². The number of ether oxygens (including phenoxy) is 1. The van der Waals surface area contributed by atoms with Gasteiger partial charge in [0.05, 0.1) is 12.6 Å². The van der Waals surface area contributed by atoms with Crippen LogP contribution in [-0.2, 0) is 9.53 Å². The van der Waals surface area contributed by atoms with Crippen LogP contribution in [0.5, 0.6) is 0 Å². The fraction of sp³-hybridized carbons (Fsp3) is 0.533. The largest absolute Gasteiger partial charge is 0.433 e. The standard InChI is InChI=1S/C15H17F4NO2/c1-9(2)12(16)13(21)20-11(10-6-4-3-5-7-10)8-22-14(20)15(17,18)19/h3-7,9,11-12,14H,8H2,1-2H3. The number of carbonyl (C=O) groups excluding carboxylic acids is 1. The summed E-state index contributed by atoms with van der Waals surface area (Å²) >= 11 is 0. The van der Waals surface area contributed by atoms with Gasteiger partial charge in [0.15, 0.2) is 6.17 Å². The highest BCUT2D eigenvalue weighted by molar-refractivity contribution is 5.82. The van der Waals surface area contributed by atoms with E-state index in [2.05, 4.69) is 0 Å². The van der Waals surface area contributed by atoms with Crippen LogP contribution in [0.1, 0.15) is 25.5 Å². The van der Waals surface area contributed by atoms with Gasteiger partial charge in [0.2, 0.25) is 6.23 Å². The van der Waals surface area contributed by atoms with Crippen molar-refractivity contribution in [1.82, 2.24) is 4.90 Å². The van der Waals surface area contributed by atoms with E-state index in [1.165, 1.54) is 13.8 Å². The third-order valence-electron chi connectivity index (χ3n) is 3.54. The summed E-state index contributed by atoms with van der Waals surface area (Å²) in [7, 11) is 0. The van der Waals surface area contributed by atoms with Crippen LogP contribution in [-0.4, -0.2) is 36.0 Å². The van der Waals surface area contributed by atoms with Crippen LogP contribution in [0.4, 0.5) is 17.6 Å². The number of alkyl halides is 4. The maximum atomic E-state index is 14.0. The molecule has 0 saturated carbocycles.